The molecule has 1 aromatic carbocycles. The van der Waals surface area contributed by atoms with E-state index in [2.05, 4.69) is 40.7 Å². The first-order valence-electron chi connectivity index (χ1n) is 15.4. The van der Waals surface area contributed by atoms with Crippen LogP contribution in [-0.4, -0.2) is 12.3 Å². The lowest BCUT2D eigenvalue weighted by atomic mass is 9.47. The summed E-state index contributed by atoms with van der Waals surface area (Å²) in [5.74, 6) is 5.46. The van der Waals surface area contributed by atoms with Crippen LogP contribution >= 0.6 is 11.6 Å². The summed E-state index contributed by atoms with van der Waals surface area (Å²) in [6, 6.07) is 6.90. The molecule has 0 aromatic heterocycles. The molecule has 38 heavy (non-hydrogen) atoms. The number of hydrogen-bond acceptors (Lipinski definition) is 3. The van der Waals surface area contributed by atoms with Crippen LogP contribution in [0.15, 0.2) is 35.9 Å². The minimum absolute atomic E-state index is 0.103. The Hall–Kier alpha value is -1.48. The van der Waals surface area contributed by atoms with Gasteiger partial charge in [0.2, 0.25) is 0 Å². The lowest BCUT2D eigenvalue weighted by Crippen LogP contribution is -2.51. The van der Waals surface area contributed by atoms with E-state index in [1.807, 2.05) is 0 Å². The second-order valence-corrected chi connectivity index (χ2v) is 14.5. The third-order valence-corrected chi connectivity index (χ3v) is 11.8. The van der Waals surface area contributed by atoms with Gasteiger partial charge in [-0.25, -0.2) is 4.79 Å². The van der Waals surface area contributed by atoms with Crippen LogP contribution in [-0.2, 0) is 4.74 Å². The minimum Gasteiger partial charge on any atom is -0.430 e. The van der Waals surface area contributed by atoms with Crippen LogP contribution in [0.4, 0.5) is 4.79 Å². The van der Waals surface area contributed by atoms with Crippen molar-refractivity contribution in [3.8, 4) is 5.75 Å². The number of fused-ring (bicyclic) bond motifs is 5. The standard InChI is InChI=1S/C34H49ClO3/c1-22(2)8-6-9-23(3)29-14-15-30-28-13-12-24-20-27(38-32(36)37-26-11-7-10-25(35)21-26)16-18-33(24,4)31(28)17-19-34(29,30)5/h7,10-12,21-23,27-31H,6,8-9,13-20H2,1-5H3. The predicted octanol–water partition coefficient (Wildman–Crippen LogP) is 10.3. The Balaban J connectivity index is 1.22. The smallest absolute Gasteiger partial charge is 0.430 e. The normalized spacial score (nSPS) is 37.0. The van der Waals surface area contributed by atoms with Gasteiger partial charge in [-0.3, -0.25) is 0 Å². The first kappa shape index (κ1) is 28.1. The van der Waals surface area contributed by atoms with Gasteiger partial charge in [-0.2, -0.15) is 0 Å². The van der Waals surface area contributed by atoms with Gasteiger partial charge in [-0.1, -0.05) is 83.2 Å². The molecule has 4 heteroatoms. The van der Waals surface area contributed by atoms with E-state index in [-0.39, 0.29) is 11.5 Å². The lowest BCUT2D eigenvalue weighted by Gasteiger charge is -2.58. The largest absolute Gasteiger partial charge is 0.514 e. The van der Waals surface area contributed by atoms with Gasteiger partial charge in [0.05, 0.1) is 0 Å². The summed E-state index contributed by atoms with van der Waals surface area (Å²) >= 11 is 6.02. The SMILES string of the molecule is CC(C)CCCC(C)C1CCC2C3CC=C4CC(OC(=O)Oc5cccc(Cl)c5)CCC4(C)C3CCC12C. The molecule has 0 heterocycles. The van der Waals surface area contributed by atoms with E-state index in [9.17, 15) is 4.79 Å². The van der Waals surface area contributed by atoms with E-state index < -0.39 is 6.16 Å². The van der Waals surface area contributed by atoms with Crippen LogP contribution in [0, 0.1) is 46.3 Å². The molecule has 0 amide bonds. The maximum Gasteiger partial charge on any atom is 0.514 e. The first-order chi connectivity index (χ1) is 18.1. The first-order valence-corrected chi connectivity index (χ1v) is 15.8. The van der Waals surface area contributed by atoms with Crippen molar-refractivity contribution in [2.24, 2.45) is 46.3 Å². The molecule has 210 valence electrons. The van der Waals surface area contributed by atoms with Gasteiger partial charge in [0.25, 0.3) is 0 Å². The highest BCUT2D eigenvalue weighted by Gasteiger charge is 2.59. The van der Waals surface area contributed by atoms with Crippen LogP contribution in [0.2, 0.25) is 5.02 Å². The number of benzene rings is 1. The Morgan fingerprint density at radius 1 is 1.05 bits per heavy atom. The molecule has 0 radical (unpaired) electrons. The summed E-state index contributed by atoms with van der Waals surface area (Å²) in [5, 5.41) is 0.545. The van der Waals surface area contributed by atoms with Crippen molar-refractivity contribution in [3.63, 3.8) is 0 Å². The molecule has 4 aliphatic rings. The molecule has 0 aliphatic heterocycles. The van der Waals surface area contributed by atoms with E-state index in [1.54, 1.807) is 24.3 Å². The summed E-state index contributed by atoms with van der Waals surface area (Å²) in [4.78, 5) is 12.5. The molecule has 5 rings (SSSR count). The second kappa shape index (κ2) is 11.2. The third kappa shape index (κ3) is 5.43. The number of halogens is 1. The molecular formula is C34H49ClO3. The molecule has 3 fully saturated rings. The lowest BCUT2D eigenvalue weighted by molar-refractivity contribution is -0.0597. The van der Waals surface area contributed by atoms with E-state index in [0.717, 1.165) is 54.8 Å². The monoisotopic (exact) mass is 540 g/mol. The predicted molar refractivity (Wildman–Crippen MR) is 155 cm³/mol. The molecule has 0 saturated heterocycles. The van der Waals surface area contributed by atoms with Crippen molar-refractivity contribution in [2.75, 3.05) is 0 Å². The van der Waals surface area contributed by atoms with E-state index in [0.29, 0.717) is 16.2 Å². The van der Waals surface area contributed by atoms with Gasteiger partial charge >= 0.3 is 6.16 Å². The maximum absolute atomic E-state index is 12.5. The number of carbonyl (C=O) groups is 1. The van der Waals surface area contributed by atoms with E-state index >= 15 is 0 Å². The van der Waals surface area contributed by atoms with Crippen molar-refractivity contribution in [1.29, 1.82) is 0 Å². The third-order valence-electron chi connectivity index (χ3n) is 11.5. The Labute approximate surface area is 236 Å². The number of allylic oxidation sites excluding steroid dienone is 1. The Morgan fingerprint density at radius 3 is 2.63 bits per heavy atom. The molecule has 3 saturated carbocycles. The fraction of sp³-hybridized carbons (Fsp3) is 0.735. The van der Waals surface area contributed by atoms with E-state index in [4.69, 9.17) is 21.1 Å². The Kier molecular flexibility index (Phi) is 8.26. The summed E-state index contributed by atoms with van der Waals surface area (Å²) in [6.45, 7) is 12.5. The van der Waals surface area contributed by atoms with E-state index in [1.165, 1.54) is 56.9 Å². The quantitative estimate of drug-likeness (QED) is 0.196. The zero-order valence-corrected chi connectivity index (χ0v) is 25.1. The summed E-state index contributed by atoms with van der Waals surface area (Å²) in [6.07, 6.45) is 15.7. The number of carbonyl (C=O) groups excluding carboxylic acids is 1. The zero-order chi connectivity index (χ0) is 27.1. The fourth-order valence-electron chi connectivity index (χ4n) is 9.54. The Morgan fingerprint density at radius 2 is 1.87 bits per heavy atom. The molecule has 3 nitrogen and oxygen atoms in total. The van der Waals surface area contributed by atoms with Crippen molar-refractivity contribution in [1.82, 2.24) is 0 Å². The zero-order valence-electron chi connectivity index (χ0n) is 24.3. The highest BCUT2D eigenvalue weighted by atomic mass is 35.5. The van der Waals surface area contributed by atoms with Gasteiger partial charge < -0.3 is 9.47 Å². The van der Waals surface area contributed by atoms with Crippen molar-refractivity contribution in [3.05, 3.63) is 40.9 Å². The van der Waals surface area contributed by atoms with Crippen molar-refractivity contribution >= 4 is 17.8 Å². The number of hydrogen-bond donors (Lipinski definition) is 0. The highest BCUT2D eigenvalue weighted by molar-refractivity contribution is 6.30. The summed E-state index contributed by atoms with van der Waals surface area (Å²) in [7, 11) is 0. The van der Waals surface area contributed by atoms with Crippen LogP contribution < -0.4 is 4.74 Å². The van der Waals surface area contributed by atoms with Crippen LogP contribution in [0.3, 0.4) is 0 Å². The van der Waals surface area contributed by atoms with Crippen molar-refractivity contribution < 1.29 is 14.3 Å². The van der Waals surface area contributed by atoms with Gasteiger partial charge in [0, 0.05) is 11.4 Å². The molecule has 4 aliphatic carbocycles. The Bertz CT molecular complexity index is 1030. The molecule has 0 spiro atoms. The minimum atomic E-state index is -0.622. The molecule has 8 atom stereocenters. The number of rotatable bonds is 7. The van der Waals surface area contributed by atoms with Gasteiger partial charge in [0.15, 0.2) is 0 Å². The number of ether oxygens (including phenoxy) is 2. The van der Waals surface area contributed by atoms with Crippen molar-refractivity contribution in [2.45, 2.75) is 111 Å². The van der Waals surface area contributed by atoms with Gasteiger partial charge in [-0.15, -0.1) is 0 Å². The molecule has 0 N–H and O–H groups in total. The van der Waals surface area contributed by atoms with Gasteiger partial charge in [-0.05, 0) is 109 Å². The molecule has 0 bridgehead atoms. The maximum atomic E-state index is 12.5. The fourth-order valence-corrected chi connectivity index (χ4v) is 9.72. The average Bonchev–Trinajstić information content (AvgIpc) is 3.21. The summed E-state index contributed by atoms with van der Waals surface area (Å²) < 4.78 is 11.2. The molecular weight excluding hydrogens is 492 g/mol. The summed E-state index contributed by atoms with van der Waals surface area (Å²) in [5.41, 5.74) is 2.30. The highest BCUT2D eigenvalue weighted by Crippen LogP contribution is 2.67. The van der Waals surface area contributed by atoms with Crippen LogP contribution in [0.25, 0.3) is 0 Å². The molecule has 8 unspecified atom stereocenters. The van der Waals surface area contributed by atoms with Crippen LogP contribution in [0.1, 0.15) is 105 Å². The average molecular weight is 541 g/mol. The van der Waals surface area contributed by atoms with Crippen LogP contribution in [0.5, 0.6) is 5.75 Å². The second-order valence-electron chi connectivity index (χ2n) is 14.1. The topological polar surface area (TPSA) is 35.5 Å². The molecule has 1 aromatic rings. The van der Waals surface area contributed by atoms with Gasteiger partial charge in [0.1, 0.15) is 11.9 Å².